The predicted molar refractivity (Wildman–Crippen MR) is 92.0 cm³/mol. The Morgan fingerprint density at radius 3 is 2.84 bits per heavy atom. The molecule has 2 unspecified atom stereocenters. The molecule has 6 heteroatoms. The summed E-state index contributed by atoms with van der Waals surface area (Å²) in [5.41, 5.74) is 3.14. The molecule has 6 nitrogen and oxygen atoms in total. The molecule has 2 heterocycles. The number of ether oxygens (including phenoxy) is 1. The van der Waals surface area contributed by atoms with Crippen LogP contribution in [0, 0.1) is 17.2 Å². The van der Waals surface area contributed by atoms with E-state index < -0.39 is 17.8 Å². The fourth-order valence-corrected chi connectivity index (χ4v) is 3.62. The van der Waals surface area contributed by atoms with Gasteiger partial charge in [-0.1, -0.05) is 12.1 Å². The van der Waals surface area contributed by atoms with E-state index >= 15 is 0 Å². The largest absolute Gasteiger partial charge is 0.468 e. The number of carbonyl (C=O) groups excluding carboxylic acids is 2. The molecule has 0 saturated carbocycles. The van der Waals surface area contributed by atoms with Crippen molar-refractivity contribution in [3.05, 3.63) is 46.7 Å². The van der Waals surface area contributed by atoms with Crippen molar-refractivity contribution in [1.29, 1.82) is 5.26 Å². The van der Waals surface area contributed by atoms with Gasteiger partial charge in [-0.3, -0.25) is 19.5 Å². The van der Waals surface area contributed by atoms with E-state index in [4.69, 9.17) is 4.74 Å². The van der Waals surface area contributed by atoms with Crippen LogP contribution in [0.4, 0.5) is 0 Å². The first-order chi connectivity index (χ1) is 12.0. The number of hydrogen-bond acceptors (Lipinski definition) is 6. The van der Waals surface area contributed by atoms with E-state index in [1.807, 2.05) is 18.0 Å². The maximum Gasteiger partial charge on any atom is 0.315 e. The van der Waals surface area contributed by atoms with Crippen LogP contribution in [-0.4, -0.2) is 49.6 Å². The first kappa shape index (κ1) is 17.1. The minimum absolute atomic E-state index is 0.0405. The number of Topliss-reactive ketones (excluding diaryl/α,β-unsaturated/α-hetero) is 1. The second-order valence-corrected chi connectivity index (χ2v) is 6.42. The van der Waals surface area contributed by atoms with Gasteiger partial charge in [0.1, 0.15) is 5.92 Å². The quantitative estimate of drug-likeness (QED) is 0.767. The topological polar surface area (TPSA) is 82.8 Å². The van der Waals surface area contributed by atoms with Crippen molar-refractivity contribution in [3.63, 3.8) is 0 Å². The van der Waals surface area contributed by atoms with Gasteiger partial charge in [-0.05, 0) is 31.7 Å². The Hall–Kier alpha value is -2.78. The molecule has 0 saturated heterocycles. The molecule has 0 aromatic heterocycles. The number of ketones is 1. The molecule has 1 aromatic carbocycles. The molecule has 2 atom stereocenters. The Morgan fingerprint density at radius 2 is 2.16 bits per heavy atom. The van der Waals surface area contributed by atoms with Crippen LogP contribution in [0.3, 0.4) is 0 Å². The van der Waals surface area contributed by atoms with Gasteiger partial charge in [0.25, 0.3) is 0 Å². The molecule has 0 N–H and O–H groups in total. The zero-order valence-electron chi connectivity index (χ0n) is 14.4. The molecule has 0 radical (unpaired) electrons. The monoisotopic (exact) mass is 337 g/mol. The standard InChI is InChI=1S/C19H19N3O3/c1-11-16(19(24)25-3)17(13-6-4-5-12(7-13)8-20)18-14(21-11)9-22(2)10-15(18)23/h4-7,16-17H,9-10H2,1-3H3. The van der Waals surface area contributed by atoms with Gasteiger partial charge in [-0.15, -0.1) is 0 Å². The smallest absolute Gasteiger partial charge is 0.315 e. The summed E-state index contributed by atoms with van der Waals surface area (Å²) >= 11 is 0. The summed E-state index contributed by atoms with van der Waals surface area (Å²) in [5, 5.41) is 9.20. The van der Waals surface area contributed by atoms with Crippen molar-refractivity contribution in [2.24, 2.45) is 10.9 Å². The van der Waals surface area contributed by atoms with Crippen molar-refractivity contribution in [3.8, 4) is 6.07 Å². The molecule has 2 aliphatic rings. The maximum atomic E-state index is 12.8. The highest BCUT2D eigenvalue weighted by Gasteiger charge is 2.43. The summed E-state index contributed by atoms with van der Waals surface area (Å²) in [6.07, 6.45) is 0. The lowest BCUT2D eigenvalue weighted by molar-refractivity contribution is -0.143. The van der Waals surface area contributed by atoms with Crippen LogP contribution < -0.4 is 0 Å². The zero-order chi connectivity index (χ0) is 18.1. The summed E-state index contributed by atoms with van der Waals surface area (Å²) in [7, 11) is 3.20. The van der Waals surface area contributed by atoms with Crippen molar-refractivity contribution < 1.29 is 14.3 Å². The average molecular weight is 337 g/mol. The minimum Gasteiger partial charge on any atom is -0.468 e. The molecule has 0 amide bonds. The van der Waals surface area contributed by atoms with E-state index in [1.165, 1.54) is 7.11 Å². The highest BCUT2D eigenvalue weighted by molar-refractivity contribution is 6.09. The van der Waals surface area contributed by atoms with Gasteiger partial charge in [-0.2, -0.15) is 5.26 Å². The Morgan fingerprint density at radius 1 is 1.40 bits per heavy atom. The van der Waals surface area contributed by atoms with Crippen molar-refractivity contribution in [2.45, 2.75) is 12.8 Å². The third kappa shape index (κ3) is 2.99. The Labute approximate surface area is 146 Å². The Balaban J connectivity index is 2.20. The molecular weight excluding hydrogens is 318 g/mol. The van der Waals surface area contributed by atoms with Crippen LogP contribution in [0.5, 0.6) is 0 Å². The Bertz CT molecular complexity index is 848. The number of likely N-dealkylation sites (N-methyl/N-ethyl adjacent to an activating group) is 1. The molecule has 0 spiro atoms. The summed E-state index contributed by atoms with van der Waals surface area (Å²) in [4.78, 5) is 31.6. The van der Waals surface area contributed by atoms with E-state index in [-0.39, 0.29) is 12.3 Å². The van der Waals surface area contributed by atoms with Crippen molar-refractivity contribution >= 4 is 17.5 Å². The Kier molecular flexibility index (Phi) is 4.51. The highest BCUT2D eigenvalue weighted by atomic mass is 16.5. The third-order valence-electron chi connectivity index (χ3n) is 4.68. The van der Waals surface area contributed by atoms with Crippen LogP contribution in [0.1, 0.15) is 24.0 Å². The first-order valence-corrected chi connectivity index (χ1v) is 8.04. The highest BCUT2D eigenvalue weighted by Crippen LogP contribution is 2.41. The summed E-state index contributed by atoms with van der Waals surface area (Å²) in [6.45, 7) is 2.63. The molecule has 2 aliphatic heterocycles. The van der Waals surface area contributed by atoms with E-state index in [0.717, 1.165) is 5.56 Å². The van der Waals surface area contributed by atoms with Crippen LogP contribution in [0.25, 0.3) is 0 Å². The van der Waals surface area contributed by atoms with E-state index in [1.54, 1.807) is 25.1 Å². The second kappa shape index (κ2) is 6.61. The maximum absolute atomic E-state index is 12.8. The average Bonchev–Trinajstić information content (AvgIpc) is 2.59. The molecule has 0 bridgehead atoms. The second-order valence-electron chi connectivity index (χ2n) is 6.42. The molecule has 0 aliphatic carbocycles. The number of nitrogens with zero attached hydrogens (tertiary/aromatic N) is 3. The number of aliphatic imine (C=N–C) groups is 1. The lowest BCUT2D eigenvalue weighted by Crippen LogP contribution is -2.43. The zero-order valence-corrected chi connectivity index (χ0v) is 14.4. The normalized spacial score (nSPS) is 23.6. The van der Waals surface area contributed by atoms with Gasteiger partial charge in [0, 0.05) is 23.7 Å². The van der Waals surface area contributed by atoms with E-state index in [0.29, 0.717) is 29.1 Å². The molecule has 3 rings (SSSR count). The third-order valence-corrected chi connectivity index (χ3v) is 4.68. The fourth-order valence-electron chi connectivity index (χ4n) is 3.62. The van der Waals surface area contributed by atoms with E-state index in [9.17, 15) is 14.9 Å². The number of hydrogen-bond donors (Lipinski definition) is 0. The first-order valence-electron chi connectivity index (χ1n) is 8.04. The molecule has 25 heavy (non-hydrogen) atoms. The van der Waals surface area contributed by atoms with Gasteiger partial charge < -0.3 is 4.74 Å². The van der Waals surface area contributed by atoms with Gasteiger partial charge in [-0.25, -0.2) is 0 Å². The van der Waals surface area contributed by atoms with Crippen molar-refractivity contribution in [1.82, 2.24) is 4.90 Å². The van der Waals surface area contributed by atoms with Gasteiger partial charge in [0.2, 0.25) is 0 Å². The van der Waals surface area contributed by atoms with E-state index in [2.05, 4.69) is 11.1 Å². The number of benzene rings is 1. The van der Waals surface area contributed by atoms with Gasteiger partial charge in [0.15, 0.2) is 5.78 Å². The summed E-state index contributed by atoms with van der Waals surface area (Å²) in [6, 6.07) is 9.15. The number of esters is 1. The van der Waals surface area contributed by atoms with Crippen LogP contribution in [0.2, 0.25) is 0 Å². The molecule has 1 aromatic rings. The molecule has 128 valence electrons. The summed E-state index contributed by atoms with van der Waals surface area (Å²) < 4.78 is 4.98. The fraction of sp³-hybridized carbons (Fsp3) is 0.368. The van der Waals surface area contributed by atoms with Crippen LogP contribution >= 0.6 is 0 Å². The predicted octanol–water partition coefficient (Wildman–Crippen LogP) is 1.67. The van der Waals surface area contributed by atoms with Gasteiger partial charge in [0.05, 0.1) is 31.0 Å². The van der Waals surface area contributed by atoms with Crippen LogP contribution in [0.15, 0.2) is 40.5 Å². The van der Waals surface area contributed by atoms with Gasteiger partial charge >= 0.3 is 5.97 Å². The molecule has 0 fully saturated rings. The number of rotatable bonds is 2. The van der Waals surface area contributed by atoms with Crippen LogP contribution in [-0.2, 0) is 14.3 Å². The summed E-state index contributed by atoms with van der Waals surface area (Å²) in [5.74, 6) is -1.60. The van der Waals surface area contributed by atoms with Crippen molar-refractivity contribution in [2.75, 3.05) is 27.2 Å². The number of nitriles is 1. The molecular formula is C19H19N3O3. The minimum atomic E-state index is -0.662. The number of methoxy groups -OCH3 is 1. The lowest BCUT2D eigenvalue weighted by Gasteiger charge is -2.36. The lowest BCUT2D eigenvalue weighted by atomic mass is 9.73. The number of carbonyl (C=O) groups is 2. The SMILES string of the molecule is COC(=O)C1C(C)=NC2=C(C(=O)CN(C)C2)C1c1cccc(C#N)c1.